The summed E-state index contributed by atoms with van der Waals surface area (Å²) in [5.74, 6) is -1.67. The molecule has 1 spiro atoms. The third-order valence-electron chi connectivity index (χ3n) is 4.10. The van der Waals surface area contributed by atoms with Gasteiger partial charge in [-0.25, -0.2) is 8.42 Å². The Kier molecular flexibility index (Phi) is 3.65. The van der Waals surface area contributed by atoms with Crippen molar-refractivity contribution in [3.05, 3.63) is 41.3 Å². The van der Waals surface area contributed by atoms with Crippen LogP contribution in [0.3, 0.4) is 0 Å². The van der Waals surface area contributed by atoms with Crippen molar-refractivity contribution in [3.63, 3.8) is 0 Å². The van der Waals surface area contributed by atoms with Crippen LogP contribution in [0.2, 0.25) is 0 Å². The van der Waals surface area contributed by atoms with Crippen LogP contribution in [0, 0.1) is 5.92 Å². The molecule has 1 aliphatic heterocycles. The number of hydrogen-bond donors (Lipinski definition) is 1. The number of aliphatic hydroxyl groups is 1. The fourth-order valence-corrected chi connectivity index (χ4v) is 4.64. The van der Waals surface area contributed by atoms with Crippen LogP contribution in [0.4, 0.5) is 0 Å². The van der Waals surface area contributed by atoms with Crippen molar-refractivity contribution < 1.29 is 23.0 Å². The fourth-order valence-electron chi connectivity index (χ4n) is 2.94. The van der Waals surface area contributed by atoms with Gasteiger partial charge < -0.3 is 14.6 Å². The van der Waals surface area contributed by atoms with E-state index in [1.54, 1.807) is 43.3 Å². The maximum Gasteiger partial charge on any atom is 0.202 e. The van der Waals surface area contributed by atoms with E-state index >= 15 is 0 Å². The Morgan fingerprint density at radius 3 is 2.43 bits per heavy atom. The molecular weight excluding hydrogens is 292 g/mol. The number of sulfone groups is 1. The van der Waals surface area contributed by atoms with Gasteiger partial charge >= 0.3 is 0 Å². The average molecular weight is 310 g/mol. The van der Waals surface area contributed by atoms with Crippen LogP contribution in [0.25, 0.3) is 0 Å². The van der Waals surface area contributed by atoms with E-state index in [9.17, 15) is 13.5 Å². The lowest BCUT2D eigenvalue weighted by molar-refractivity contribution is -0.229. The van der Waals surface area contributed by atoms with Crippen LogP contribution in [0.1, 0.15) is 13.3 Å². The minimum atomic E-state index is -3.60. The highest BCUT2D eigenvalue weighted by Gasteiger charge is 2.50. The van der Waals surface area contributed by atoms with Crippen LogP contribution in [-0.4, -0.2) is 38.6 Å². The first kappa shape index (κ1) is 14.7. The molecule has 1 fully saturated rings. The van der Waals surface area contributed by atoms with Gasteiger partial charge in [0, 0.05) is 12.3 Å². The molecule has 0 unspecified atom stereocenters. The summed E-state index contributed by atoms with van der Waals surface area (Å²) in [6.45, 7) is 2.51. The van der Waals surface area contributed by atoms with E-state index in [1.807, 2.05) is 0 Å². The lowest BCUT2D eigenvalue weighted by atomic mass is 9.88. The molecule has 5 nitrogen and oxygen atoms in total. The van der Waals surface area contributed by atoms with Gasteiger partial charge in [0.1, 0.15) is 6.10 Å². The first-order chi connectivity index (χ1) is 9.97. The second-order valence-corrected chi connectivity index (χ2v) is 7.32. The van der Waals surface area contributed by atoms with Gasteiger partial charge in [-0.2, -0.15) is 0 Å². The number of hydrogen-bond acceptors (Lipinski definition) is 5. The van der Waals surface area contributed by atoms with Gasteiger partial charge in [0.2, 0.25) is 9.84 Å². The van der Waals surface area contributed by atoms with Gasteiger partial charge in [-0.15, -0.1) is 0 Å². The number of ether oxygens (including phenoxy) is 2. The summed E-state index contributed by atoms with van der Waals surface area (Å²) in [5, 5.41) is 10.5. The average Bonchev–Trinajstić information content (AvgIpc) is 2.95. The van der Waals surface area contributed by atoms with Crippen molar-refractivity contribution in [3.8, 4) is 0 Å². The van der Waals surface area contributed by atoms with Crippen molar-refractivity contribution >= 4 is 9.84 Å². The Hall–Kier alpha value is -1.21. The molecular formula is C15H18O5S. The van der Waals surface area contributed by atoms with Crippen LogP contribution in [-0.2, 0) is 19.3 Å². The molecule has 3 rings (SSSR count). The zero-order chi connectivity index (χ0) is 15.1. The molecule has 2 atom stereocenters. The third-order valence-corrected chi connectivity index (χ3v) is 6.15. The summed E-state index contributed by atoms with van der Waals surface area (Å²) in [7, 11) is -3.60. The molecule has 1 saturated heterocycles. The molecule has 1 N–H and O–H groups in total. The van der Waals surface area contributed by atoms with E-state index in [4.69, 9.17) is 9.47 Å². The van der Waals surface area contributed by atoms with Gasteiger partial charge in [-0.05, 0) is 12.1 Å². The normalized spacial score (nSPS) is 28.6. The second-order valence-electron chi connectivity index (χ2n) is 5.37. The summed E-state index contributed by atoms with van der Waals surface area (Å²) in [4.78, 5) is 0.463. The number of rotatable bonds is 2. The quantitative estimate of drug-likeness (QED) is 0.896. The van der Waals surface area contributed by atoms with Gasteiger partial charge in [0.15, 0.2) is 5.79 Å². The molecule has 0 saturated carbocycles. The molecule has 0 bridgehead atoms. The Morgan fingerprint density at radius 1 is 1.19 bits per heavy atom. The molecule has 0 amide bonds. The van der Waals surface area contributed by atoms with Crippen molar-refractivity contribution in [2.45, 2.75) is 30.1 Å². The highest BCUT2D eigenvalue weighted by Crippen LogP contribution is 2.41. The molecule has 1 aliphatic carbocycles. The van der Waals surface area contributed by atoms with Gasteiger partial charge in [-0.1, -0.05) is 31.2 Å². The molecule has 0 radical (unpaired) electrons. The summed E-state index contributed by atoms with van der Waals surface area (Å²) >= 11 is 0. The van der Waals surface area contributed by atoms with Crippen molar-refractivity contribution in [2.24, 2.45) is 5.92 Å². The highest BCUT2D eigenvalue weighted by molar-refractivity contribution is 7.95. The monoisotopic (exact) mass is 310 g/mol. The molecule has 6 heteroatoms. The predicted octanol–water partition coefficient (Wildman–Crippen LogP) is 1.49. The smallest absolute Gasteiger partial charge is 0.202 e. The van der Waals surface area contributed by atoms with Crippen LogP contribution < -0.4 is 0 Å². The SMILES string of the molecule is C[C@@H]1C(S(=O)(=O)c2ccccc2)=CCC2(OCCO2)[C@@H]1O. The molecule has 0 aromatic heterocycles. The first-order valence-corrected chi connectivity index (χ1v) is 8.42. The van der Waals surface area contributed by atoms with E-state index in [0.717, 1.165) is 0 Å². The van der Waals surface area contributed by atoms with E-state index < -0.39 is 27.6 Å². The zero-order valence-corrected chi connectivity index (χ0v) is 12.5. The maximum atomic E-state index is 12.7. The van der Waals surface area contributed by atoms with E-state index in [2.05, 4.69) is 0 Å². The fraction of sp³-hybridized carbons (Fsp3) is 0.467. The largest absolute Gasteiger partial charge is 0.387 e. The lowest BCUT2D eigenvalue weighted by Crippen LogP contribution is -2.50. The predicted molar refractivity (Wildman–Crippen MR) is 76.1 cm³/mol. The lowest BCUT2D eigenvalue weighted by Gasteiger charge is -2.39. The molecule has 1 aromatic carbocycles. The minimum Gasteiger partial charge on any atom is -0.387 e. The Bertz CT molecular complexity index is 644. The Balaban J connectivity index is 1.98. The van der Waals surface area contributed by atoms with Crippen molar-refractivity contribution in [1.29, 1.82) is 0 Å². The summed E-state index contributed by atoms with van der Waals surface area (Å²) < 4.78 is 36.4. The van der Waals surface area contributed by atoms with Gasteiger partial charge in [0.05, 0.1) is 23.0 Å². The second kappa shape index (κ2) is 5.21. The standard InChI is InChI=1S/C15H18O5S/c1-11-13(21(17,18)12-5-3-2-4-6-12)7-8-15(14(11)16)19-9-10-20-15/h2-7,11,14,16H,8-10H2,1H3/t11-,14-/m1/s1. The molecule has 1 heterocycles. The number of aliphatic hydroxyl groups excluding tert-OH is 1. The molecule has 1 aromatic rings. The van der Waals surface area contributed by atoms with Crippen molar-refractivity contribution in [1.82, 2.24) is 0 Å². The summed E-state index contributed by atoms with van der Waals surface area (Å²) in [6, 6.07) is 8.25. The molecule has 21 heavy (non-hydrogen) atoms. The molecule has 2 aliphatic rings. The highest BCUT2D eigenvalue weighted by atomic mass is 32.2. The van der Waals surface area contributed by atoms with E-state index in [-0.39, 0.29) is 16.2 Å². The maximum absolute atomic E-state index is 12.7. The van der Waals surface area contributed by atoms with Crippen LogP contribution in [0.15, 0.2) is 46.2 Å². The number of benzene rings is 1. The Morgan fingerprint density at radius 2 is 1.81 bits per heavy atom. The summed E-state index contributed by atoms with van der Waals surface area (Å²) in [5.41, 5.74) is 0. The van der Waals surface area contributed by atoms with Crippen LogP contribution >= 0.6 is 0 Å². The zero-order valence-electron chi connectivity index (χ0n) is 11.7. The summed E-state index contributed by atoms with van der Waals surface area (Å²) in [6.07, 6.45) is 0.851. The minimum absolute atomic E-state index is 0.228. The van der Waals surface area contributed by atoms with Gasteiger partial charge in [0.25, 0.3) is 0 Å². The first-order valence-electron chi connectivity index (χ1n) is 6.93. The third kappa shape index (κ3) is 2.32. The molecule has 114 valence electrons. The Labute approximate surface area is 124 Å². The van der Waals surface area contributed by atoms with E-state index in [1.165, 1.54) is 0 Å². The van der Waals surface area contributed by atoms with Gasteiger partial charge in [-0.3, -0.25) is 0 Å². The van der Waals surface area contributed by atoms with Crippen LogP contribution in [0.5, 0.6) is 0 Å². The topological polar surface area (TPSA) is 72.8 Å². The van der Waals surface area contributed by atoms with Crippen molar-refractivity contribution in [2.75, 3.05) is 13.2 Å². The van der Waals surface area contributed by atoms with E-state index in [0.29, 0.717) is 13.2 Å².